The number of benzene rings is 3. The van der Waals surface area contributed by atoms with E-state index in [0.717, 1.165) is 10.8 Å². The van der Waals surface area contributed by atoms with Crippen LogP contribution in [0.25, 0.3) is 10.8 Å². The number of carbonyl (C=O) groups is 2. The van der Waals surface area contributed by atoms with Gasteiger partial charge in [-0.15, -0.1) is 11.8 Å². The van der Waals surface area contributed by atoms with Crippen molar-refractivity contribution in [1.29, 1.82) is 0 Å². The number of ether oxygens (including phenoxy) is 2. The molecule has 1 unspecified atom stereocenters. The summed E-state index contributed by atoms with van der Waals surface area (Å²) < 4.78 is 33.2. The minimum Gasteiger partial charge on any atom is -0.493 e. The molecule has 10 heteroatoms. The fourth-order valence-electron chi connectivity index (χ4n) is 2.90. The highest BCUT2D eigenvalue weighted by atomic mass is 32.2. The third kappa shape index (κ3) is 7.48. The number of nitrogens with one attached hydrogen (secondary N) is 1. The molecule has 0 saturated heterocycles. The number of carbonyl (C=O) groups excluding carboxylic acids is 2. The minimum atomic E-state index is -3.74. The molecule has 3 aromatic rings. The van der Waals surface area contributed by atoms with E-state index in [1.54, 1.807) is 6.07 Å². The Morgan fingerprint density at radius 3 is 2.42 bits per heavy atom. The van der Waals surface area contributed by atoms with Crippen molar-refractivity contribution in [1.82, 2.24) is 0 Å². The highest BCUT2D eigenvalue weighted by Gasteiger charge is 2.18. The second-order valence-corrected chi connectivity index (χ2v) is 9.77. The van der Waals surface area contributed by atoms with E-state index in [1.807, 2.05) is 36.4 Å². The van der Waals surface area contributed by atoms with Crippen LogP contribution in [0.3, 0.4) is 0 Å². The van der Waals surface area contributed by atoms with E-state index in [0.29, 0.717) is 23.8 Å². The fraction of sp³-hybridized carbons (Fsp3) is 0.217. The first-order valence-corrected chi connectivity index (χ1v) is 12.7. The molecule has 0 saturated carbocycles. The average Bonchev–Trinajstić information content (AvgIpc) is 2.78. The van der Waals surface area contributed by atoms with Crippen LogP contribution in [-0.4, -0.2) is 44.5 Å². The van der Waals surface area contributed by atoms with Crippen molar-refractivity contribution < 1.29 is 27.5 Å². The smallest absolute Gasteiger partial charge is 0.316 e. The summed E-state index contributed by atoms with van der Waals surface area (Å²) in [7, 11) is -3.74. The predicted molar refractivity (Wildman–Crippen MR) is 129 cm³/mol. The summed E-state index contributed by atoms with van der Waals surface area (Å²) in [6, 6.07) is 19.1. The summed E-state index contributed by atoms with van der Waals surface area (Å²) in [5, 5.41) is 9.87. The van der Waals surface area contributed by atoms with Gasteiger partial charge in [0.25, 0.3) is 5.91 Å². The summed E-state index contributed by atoms with van der Waals surface area (Å²) in [5.41, 5.74) is 0.630. The van der Waals surface area contributed by atoms with Crippen LogP contribution in [-0.2, 0) is 24.3 Å². The molecule has 0 radical (unpaired) electrons. The van der Waals surface area contributed by atoms with Gasteiger partial charge in [-0.1, -0.05) is 30.3 Å². The van der Waals surface area contributed by atoms with E-state index in [9.17, 15) is 18.0 Å². The Hall–Kier alpha value is -3.08. The molecule has 3 aromatic carbocycles. The molecular formula is C23H24N2O6S2. The minimum absolute atomic E-state index is 0.00532. The number of nitrogens with two attached hydrogens (primary N) is 1. The Balaban J connectivity index is 1.36. The lowest BCUT2D eigenvalue weighted by atomic mass is 10.1. The van der Waals surface area contributed by atoms with Crippen molar-refractivity contribution in [3.05, 3.63) is 66.7 Å². The second kappa shape index (κ2) is 11.2. The van der Waals surface area contributed by atoms with Crippen LogP contribution in [0.1, 0.15) is 6.92 Å². The summed E-state index contributed by atoms with van der Waals surface area (Å²) in [6.07, 6.45) is -0.932. The molecule has 3 rings (SSSR count). The SMILES string of the molecule is CC(OC(=O)CSCCOc1ccc(S(N)(=O)=O)cc1)C(=O)Nc1ccc2ccccc2c1. The number of rotatable bonds is 10. The maximum absolute atomic E-state index is 12.3. The van der Waals surface area contributed by atoms with E-state index in [1.165, 1.54) is 43.0 Å². The first kappa shape index (κ1) is 24.6. The van der Waals surface area contributed by atoms with E-state index >= 15 is 0 Å². The Labute approximate surface area is 196 Å². The van der Waals surface area contributed by atoms with E-state index < -0.39 is 28.0 Å². The van der Waals surface area contributed by atoms with Crippen molar-refractivity contribution in [2.75, 3.05) is 23.4 Å². The zero-order valence-corrected chi connectivity index (χ0v) is 19.5. The normalized spacial score (nSPS) is 12.2. The Bertz CT molecular complexity index is 1230. The summed E-state index contributed by atoms with van der Waals surface area (Å²) in [4.78, 5) is 24.4. The molecule has 0 aliphatic rings. The van der Waals surface area contributed by atoms with Gasteiger partial charge in [-0.25, -0.2) is 13.6 Å². The van der Waals surface area contributed by atoms with Crippen molar-refractivity contribution in [2.24, 2.45) is 5.14 Å². The quantitative estimate of drug-likeness (QED) is 0.332. The molecule has 0 aromatic heterocycles. The van der Waals surface area contributed by atoms with Crippen LogP contribution in [0.5, 0.6) is 5.75 Å². The zero-order valence-electron chi connectivity index (χ0n) is 17.9. The third-order valence-electron chi connectivity index (χ3n) is 4.56. The maximum Gasteiger partial charge on any atom is 0.316 e. The van der Waals surface area contributed by atoms with E-state index in [-0.39, 0.29) is 10.6 Å². The molecule has 0 aliphatic carbocycles. The van der Waals surface area contributed by atoms with Crippen molar-refractivity contribution in [3.63, 3.8) is 0 Å². The fourth-order valence-corrected chi connectivity index (χ4v) is 3.99. The lowest BCUT2D eigenvalue weighted by molar-refractivity contribution is -0.150. The number of esters is 1. The molecule has 0 heterocycles. The molecule has 1 amide bonds. The van der Waals surface area contributed by atoms with Crippen molar-refractivity contribution in [2.45, 2.75) is 17.9 Å². The molecule has 33 heavy (non-hydrogen) atoms. The first-order chi connectivity index (χ1) is 15.7. The monoisotopic (exact) mass is 488 g/mol. The standard InChI is InChI=1S/C23H24N2O6S2/c1-16(23(27)25-19-7-6-17-4-2-3-5-18(17)14-19)31-22(26)15-32-13-12-30-20-8-10-21(11-9-20)33(24,28)29/h2-11,14,16H,12-13,15H2,1H3,(H,25,27)(H2,24,28,29). The lowest BCUT2D eigenvalue weighted by Crippen LogP contribution is -2.30. The Morgan fingerprint density at radius 1 is 1.03 bits per heavy atom. The average molecular weight is 489 g/mol. The van der Waals surface area contributed by atoms with Gasteiger partial charge in [0.05, 0.1) is 17.3 Å². The summed E-state index contributed by atoms with van der Waals surface area (Å²) >= 11 is 1.30. The number of amides is 1. The highest BCUT2D eigenvalue weighted by molar-refractivity contribution is 7.99. The molecule has 0 bridgehead atoms. The molecule has 1 atom stereocenters. The van der Waals surface area contributed by atoms with Crippen LogP contribution in [0.15, 0.2) is 71.6 Å². The van der Waals surface area contributed by atoms with Gasteiger partial charge in [0.1, 0.15) is 5.75 Å². The maximum atomic E-state index is 12.3. The molecule has 174 valence electrons. The van der Waals surface area contributed by atoms with Crippen LogP contribution in [0.4, 0.5) is 5.69 Å². The molecule has 0 aliphatic heterocycles. The largest absolute Gasteiger partial charge is 0.493 e. The highest BCUT2D eigenvalue weighted by Crippen LogP contribution is 2.19. The molecule has 0 spiro atoms. The number of hydrogen-bond donors (Lipinski definition) is 2. The van der Waals surface area contributed by atoms with Crippen molar-refractivity contribution >= 4 is 50.1 Å². The van der Waals surface area contributed by atoms with Gasteiger partial charge in [0, 0.05) is 11.4 Å². The summed E-state index contributed by atoms with van der Waals surface area (Å²) in [6.45, 7) is 1.83. The van der Waals surface area contributed by atoms with Crippen LogP contribution < -0.4 is 15.2 Å². The van der Waals surface area contributed by atoms with Gasteiger partial charge in [-0.05, 0) is 54.1 Å². The van der Waals surface area contributed by atoms with E-state index in [2.05, 4.69) is 5.32 Å². The van der Waals surface area contributed by atoms with Gasteiger partial charge in [0.15, 0.2) is 6.10 Å². The number of thioether (sulfide) groups is 1. The summed E-state index contributed by atoms with van der Waals surface area (Å²) in [5.74, 6) is 0.156. The Kier molecular flexibility index (Phi) is 8.32. The number of sulfonamides is 1. The molecule has 0 fully saturated rings. The predicted octanol–water partition coefficient (Wildman–Crippen LogP) is 3.17. The van der Waals surface area contributed by atoms with Gasteiger partial charge in [0.2, 0.25) is 10.0 Å². The molecule has 8 nitrogen and oxygen atoms in total. The van der Waals surface area contributed by atoms with Crippen molar-refractivity contribution in [3.8, 4) is 5.75 Å². The number of fused-ring (bicyclic) bond motifs is 1. The topological polar surface area (TPSA) is 125 Å². The van der Waals surface area contributed by atoms with Gasteiger partial charge in [-0.3, -0.25) is 9.59 Å². The Morgan fingerprint density at radius 2 is 1.73 bits per heavy atom. The second-order valence-electron chi connectivity index (χ2n) is 7.10. The third-order valence-corrected chi connectivity index (χ3v) is 6.39. The van der Waals surface area contributed by atoms with Crippen LogP contribution in [0.2, 0.25) is 0 Å². The lowest BCUT2D eigenvalue weighted by Gasteiger charge is -2.14. The van der Waals surface area contributed by atoms with Gasteiger partial charge in [-0.2, -0.15) is 0 Å². The van der Waals surface area contributed by atoms with Crippen LogP contribution in [0, 0.1) is 0 Å². The van der Waals surface area contributed by atoms with Crippen LogP contribution >= 0.6 is 11.8 Å². The first-order valence-electron chi connectivity index (χ1n) is 10.0. The number of primary sulfonamides is 1. The number of hydrogen-bond acceptors (Lipinski definition) is 7. The molecule has 3 N–H and O–H groups in total. The zero-order chi connectivity index (χ0) is 23.8. The van der Waals surface area contributed by atoms with Gasteiger partial charge >= 0.3 is 5.97 Å². The van der Waals surface area contributed by atoms with E-state index in [4.69, 9.17) is 14.6 Å². The number of anilines is 1. The van der Waals surface area contributed by atoms with Gasteiger partial charge < -0.3 is 14.8 Å². The molecular weight excluding hydrogens is 464 g/mol.